The Morgan fingerprint density at radius 1 is 0.853 bits per heavy atom. The van der Waals surface area contributed by atoms with Gasteiger partial charge in [0.05, 0.1) is 52.0 Å². The number of aliphatic hydroxyl groups is 2. The lowest BCUT2D eigenvalue weighted by atomic mass is 10.2. The smallest absolute Gasteiger partial charge is 0.401 e. The molecule has 1 atom stereocenters. The van der Waals surface area contributed by atoms with Crippen LogP contribution in [0.4, 0.5) is 4.79 Å². The molecule has 7 nitrogen and oxygen atoms in total. The molecule has 0 aliphatic carbocycles. The average Bonchev–Trinajstić information content (AvgIpc) is 2.78. The zero-order valence-electron chi connectivity index (χ0n) is 20.2. The van der Waals surface area contributed by atoms with Crippen LogP contribution in [0.15, 0.2) is 60.7 Å². The van der Waals surface area contributed by atoms with Crippen molar-refractivity contribution >= 4 is 35.5 Å². The molecule has 0 saturated heterocycles. The van der Waals surface area contributed by atoms with Crippen LogP contribution in [0.5, 0.6) is 0 Å². The molecule has 0 saturated carbocycles. The highest BCUT2D eigenvalue weighted by Gasteiger charge is 2.53. The third-order valence-electron chi connectivity index (χ3n) is 5.40. The summed E-state index contributed by atoms with van der Waals surface area (Å²) in [4.78, 5) is 8.77. The summed E-state index contributed by atoms with van der Waals surface area (Å²) in [5.74, 6) is 0. The second-order valence-corrected chi connectivity index (χ2v) is 13.8. The van der Waals surface area contributed by atoms with Crippen molar-refractivity contribution in [2.45, 2.75) is 31.5 Å². The van der Waals surface area contributed by atoms with E-state index in [1.54, 1.807) is 0 Å². The fraction of sp³-hybridized carbons (Fsp3) is 0.480. The summed E-state index contributed by atoms with van der Waals surface area (Å²) in [6.07, 6.45) is 0. The Labute approximate surface area is 208 Å². The first kappa shape index (κ1) is 30.2. The molecule has 2 aromatic rings. The Bertz CT molecular complexity index is 756. The fourth-order valence-corrected chi connectivity index (χ4v) is 9.78. The third-order valence-corrected chi connectivity index (χ3v) is 11.4. The van der Waals surface area contributed by atoms with Gasteiger partial charge in [-0.15, -0.1) is 0 Å². The minimum atomic E-state index is -2.60. The Kier molecular flexibility index (Phi) is 14.2. The van der Waals surface area contributed by atoms with Crippen molar-refractivity contribution in [3.63, 3.8) is 0 Å². The standard InChI is InChI=1S/C24H36O5Si.CHClO2/c1-24(2,3)30(21-10-6-4-7-11-21,22-12-8-5-9-13-22)23(26)20-29-19-18-28-17-16-27-15-14-25;2-1(3)4/h4-13,23,25-26H,14-20H2,1-3H3;(H,3,4). The molecule has 34 heavy (non-hydrogen) atoms. The van der Waals surface area contributed by atoms with Gasteiger partial charge in [0, 0.05) is 11.6 Å². The number of hydrogen-bond donors (Lipinski definition) is 3. The molecule has 2 rings (SSSR count). The van der Waals surface area contributed by atoms with E-state index in [0.29, 0.717) is 33.0 Å². The first-order valence-corrected chi connectivity index (χ1v) is 13.6. The highest BCUT2D eigenvalue weighted by atomic mass is 35.5. The van der Waals surface area contributed by atoms with Gasteiger partial charge in [0.25, 0.3) is 0 Å². The highest BCUT2D eigenvalue weighted by molar-refractivity contribution is 7.05. The van der Waals surface area contributed by atoms with Crippen LogP contribution in [0.1, 0.15) is 20.8 Å². The largest absolute Gasteiger partial charge is 0.469 e. The van der Waals surface area contributed by atoms with Gasteiger partial charge in [0.15, 0.2) is 8.07 Å². The molecule has 190 valence electrons. The van der Waals surface area contributed by atoms with Crippen LogP contribution < -0.4 is 10.4 Å². The minimum Gasteiger partial charge on any atom is -0.469 e. The molecule has 9 heteroatoms. The molecule has 0 heterocycles. The first-order chi connectivity index (χ1) is 16.2. The van der Waals surface area contributed by atoms with Crippen molar-refractivity contribution in [3.05, 3.63) is 60.7 Å². The summed E-state index contributed by atoms with van der Waals surface area (Å²) in [5, 5.41) is 29.7. The van der Waals surface area contributed by atoms with Crippen molar-refractivity contribution in [2.75, 3.05) is 46.2 Å². The number of benzene rings is 2. The van der Waals surface area contributed by atoms with Crippen LogP contribution in [0.2, 0.25) is 5.04 Å². The first-order valence-electron chi connectivity index (χ1n) is 11.2. The topological polar surface area (TPSA) is 105 Å². The maximum atomic E-state index is 11.6. The van der Waals surface area contributed by atoms with Gasteiger partial charge in [-0.3, -0.25) is 0 Å². The van der Waals surface area contributed by atoms with Crippen LogP contribution >= 0.6 is 11.6 Å². The molecule has 0 bridgehead atoms. The summed E-state index contributed by atoms with van der Waals surface area (Å²) in [6.45, 7) is 9.02. The number of halogens is 1. The normalized spacial score (nSPS) is 12.5. The van der Waals surface area contributed by atoms with Crippen molar-refractivity contribution in [1.29, 1.82) is 0 Å². The van der Waals surface area contributed by atoms with Crippen LogP contribution in [0.25, 0.3) is 0 Å². The van der Waals surface area contributed by atoms with Crippen molar-refractivity contribution in [3.8, 4) is 0 Å². The lowest BCUT2D eigenvalue weighted by molar-refractivity contribution is -0.00281. The third kappa shape index (κ3) is 9.46. The Morgan fingerprint density at radius 3 is 1.62 bits per heavy atom. The quantitative estimate of drug-likeness (QED) is 0.215. The van der Waals surface area contributed by atoms with E-state index in [2.05, 4.69) is 56.6 Å². The van der Waals surface area contributed by atoms with E-state index in [1.165, 1.54) is 10.4 Å². The molecule has 2 aromatic carbocycles. The van der Waals surface area contributed by atoms with Gasteiger partial charge in [0.2, 0.25) is 0 Å². The molecule has 0 spiro atoms. The van der Waals surface area contributed by atoms with Crippen LogP contribution in [0.3, 0.4) is 0 Å². The van der Waals surface area contributed by atoms with E-state index < -0.39 is 19.2 Å². The van der Waals surface area contributed by atoms with Crippen LogP contribution in [-0.4, -0.2) is 80.8 Å². The predicted octanol–water partition coefficient (Wildman–Crippen LogP) is 2.90. The second-order valence-electron chi connectivity index (χ2n) is 8.58. The maximum absolute atomic E-state index is 11.6. The average molecular weight is 513 g/mol. The molecule has 0 fully saturated rings. The number of carbonyl (C=O) groups is 1. The molecule has 0 aliphatic rings. The van der Waals surface area contributed by atoms with Gasteiger partial charge in [-0.25, -0.2) is 4.79 Å². The summed E-state index contributed by atoms with van der Waals surface area (Å²) in [6, 6.07) is 20.8. The predicted molar refractivity (Wildman–Crippen MR) is 137 cm³/mol. The van der Waals surface area contributed by atoms with E-state index in [1.807, 2.05) is 36.4 Å². The Hall–Kier alpha value is -1.78. The molecular formula is C25H37ClO7Si. The number of rotatable bonds is 13. The molecule has 3 N–H and O–H groups in total. The SMILES string of the molecule is CC(C)(C)[Si](c1ccccc1)(c1ccccc1)C(O)COCCOCCOCCO.O=C(O)Cl. The van der Waals surface area contributed by atoms with Gasteiger partial charge in [-0.1, -0.05) is 91.8 Å². The van der Waals surface area contributed by atoms with E-state index >= 15 is 0 Å². The molecule has 1 unspecified atom stereocenters. The van der Waals surface area contributed by atoms with Gasteiger partial charge in [-0.2, -0.15) is 0 Å². The lowest BCUT2D eigenvalue weighted by Crippen LogP contribution is -2.72. The molecule has 0 amide bonds. The van der Waals surface area contributed by atoms with Crippen LogP contribution in [-0.2, 0) is 14.2 Å². The number of carboxylic acid groups (broad SMARTS) is 1. The number of hydrogen-bond acceptors (Lipinski definition) is 6. The zero-order valence-corrected chi connectivity index (χ0v) is 21.9. The van der Waals surface area contributed by atoms with Crippen molar-refractivity contribution in [1.82, 2.24) is 0 Å². The molecule has 0 aliphatic heterocycles. The van der Waals surface area contributed by atoms with Gasteiger partial charge < -0.3 is 29.5 Å². The van der Waals surface area contributed by atoms with E-state index in [0.717, 1.165) is 0 Å². The van der Waals surface area contributed by atoms with Gasteiger partial charge in [0.1, 0.15) is 0 Å². The lowest BCUT2D eigenvalue weighted by Gasteiger charge is -2.47. The molecular weight excluding hydrogens is 476 g/mol. The number of ether oxygens (including phenoxy) is 3. The summed E-state index contributed by atoms with van der Waals surface area (Å²) >= 11 is 4.19. The zero-order chi connectivity index (χ0) is 25.5. The second kappa shape index (κ2) is 16.0. The highest BCUT2D eigenvalue weighted by Crippen LogP contribution is 2.38. The Morgan fingerprint density at radius 2 is 1.24 bits per heavy atom. The van der Waals surface area contributed by atoms with E-state index in [9.17, 15) is 5.11 Å². The maximum Gasteiger partial charge on any atom is 0.401 e. The number of aliphatic hydroxyl groups excluding tert-OH is 2. The van der Waals surface area contributed by atoms with Crippen LogP contribution in [0, 0.1) is 0 Å². The van der Waals surface area contributed by atoms with E-state index in [-0.39, 0.29) is 18.3 Å². The van der Waals surface area contributed by atoms with E-state index in [4.69, 9.17) is 29.2 Å². The molecule has 0 aromatic heterocycles. The Balaban J connectivity index is 0.00000133. The van der Waals surface area contributed by atoms with Gasteiger partial charge in [-0.05, 0) is 5.04 Å². The monoisotopic (exact) mass is 512 g/mol. The van der Waals surface area contributed by atoms with Crippen molar-refractivity contribution in [2.24, 2.45) is 0 Å². The van der Waals surface area contributed by atoms with Crippen molar-refractivity contribution < 1.29 is 34.3 Å². The minimum absolute atomic E-state index is 0.0171. The van der Waals surface area contributed by atoms with Gasteiger partial charge >= 0.3 is 5.43 Å². The summed E-state index contributed by atoms with van der Waals surface area (Å²) in [7, 11) is -2.60. The molecule has 0 radical (unpaired) electrons. The summed E-state index contributed by atoms with van der Waals surface area (Å²) < 4.78 is 16.5. The summed E-state index contributed by atoms with van der Waals surface area (Å²) in [5.41, 5.74) is -1.96. The fourth-order valence-electron chi connectivity index (χ4n) is 4.14.